The number of hydrogen-bond acceptors (Lipinski definition) is 5. The van der Waals surface area contributed by atoms with Crippen LogP contribution in [0.25, 0.3) is 0 Å². The predicted molar refractivity (Wildman–Crippen MR) is 128 cm³/mol. The average Bonchev–Trinajstić information content (AvgIpc) is 3.13. The van der Waals surface area contributed by atoms with Gasteiger partial charge in [0.2, 0.25) is 0 Å². The second kappa shape index (κ2) is 11.0. The van der Waals surface area contributed by atoms with Gasteiger partial charge in [-0.15, -0.1) is 0 Å². The molecule has 1 N–H and O–H groups in total. The van der Waals surface area contributed by atoms with Gasteiger partial charge < -0.3 is 19.5 Å². The Labute approximate surface area is 190 Å². The normalized spacial score (nSPS) is 15.6. The molecule has 1 unspecified atom stereocenters. The van der Waals surface area contributed by atoms with Crippen molar-refractivity contribution in [1.82, 2.24) is 10.2 Å². The molecule has 32 heavy (non-hydrogen) atoms. The first-order chi connectivity index (χ1) is 15.8. The highest BCUT2D eigenvalue weighted by atomic mass is 16.5. The molecule has 1 fully saturated rings. The zero-order valence-electron chi connectivity index (χ0n) is 18.9. The van der Waals surface area contributed by atoms with Crippen molar-refractivity contribution < 1.29 is 14.2 Å². The van der Waals surface area contributed by atoms with Crippen LogP contribution in [0.1, 0.15) is 29.2 Å². The van der Waals surface area contributed by atoms with Crippen LogP contribution in [0.3, 0.4) is 0 Å². The Hall–Kier alpha value is -3.02. The zero-order valence-corrected chi connectivity index (χ0v) is 18.9. The van der Waals surface area contributed by atoms with Gasteiger partial charge in [0.05, 0.1) is 20.3 Å². The minimum absolute atomic E-state index is 0.106. The van der Waals surface area contributed by atoms with E-state index >= 15 is 0 Å². The van der Waals surface area contributed by atoms with Crippen molar-refractivity contribution in [2.45, 2.75) is 19.1 Å². The molecule has 3 aromatic carbocycles. The fraction of sp³-hybridized carbons (Fsp3) is 0.333. The van der Waals surface area contributed by atoms with E-state index in [1.54, 1.807) is 14.2 Å². The third-order valence-electron chi connectivity index (χ3n) is 5.89. The van der Waals surface area contributed by atoms with Crippen molar-refractivity contribution >= 4 is 0 Å². The lowest BCUT2D eigenvalue weighted by molar-refractivity contribution is 0.239. The lowest BCUT2D eigenvalue weighted by Gasteiger charge is -2.32. The van der Waals surface area contributed by atoms with Crippen LogP contribution >= 0.6 is 0 Å². The summed E-state index contributed by atoms with van der Waals surface area (Å²) in [7, 11) is 3.35. The number of rotatable bonds is 8. The third kappa shape index (κ3) is 5.42. The van der Waals surface area contributed by atoms with Crippen LogP contribution in [0.2, 0.25) is 0 Å². The summed E-state index contributed by atoms with van der Waals surface area (Å²) in [6, 6.07) is 25.1. The first-order valence-electron chi connectivity index (χ1n) is 11.2. The average molecular weight is 433 g/mol. The Balaban J connectivity index is 1.65. The molecule has 1 aliphatic rings. The molecule has 0 aromatic heterocycles. The van der Waals surface area contributed by atoms with Gasteiger partial charge in [-0.1, -0.05) is 48.5 Å². The number of methoxy groups -OCH3 is 2. The summed E-state index contributed by atoms with van der Waals surface area (Å²) >= 11 is 0. The van der Waals surface area contributed by atoms with Gasteiger partial charge in [0.1, 0.15) is 12.4 Å². The molecule has 0 aliphatic carbocycles. The van der Waals surface area contributed by atoms with Gasteiger partial charge in [0.15, 0.2) is 11.5 Å². The Bertz CT molecular complexity index is 985. The predicted octanol–water partition coefficient (Wildman–Crippen LogP) is 4.67. The van der Waals surface area contributed by atoms with E-state index in [1.807, 2.05) is 30.3 Å². The summed E-state index contributed by atoms with van der Waals surface area (Å²) in [6.07, 6.45) is 1.12. The largest absolute Gasteiger partial charge is 0.493 e. The molecule has 5 nitrogen and oxygen atoms in total. The van der Waals surface area contributed by atoms with Crippen LogP contribution in [-0.4, -0.2) is 45.3 Å². The van der Waals surface area contributed by atoms with Crippen molar-refractivity contribution in [3.8, 4) is 17.2 Å². The summed E-state index contributed by atoms with van der Waals surface area (Å²) in [5.74, 6) is 2.37. The maximum absolute atomic E-state index is 6.14. The minimum atomic E-state index is 0.106. The molecular weight excluding hydrogens is 400 g/mol. The van der Waals surface area contributed by atoms with E-state index in [9.17, 15) is 0 Å². The summed E-state index contributed by atoms with van der Waals surface area (Å²) in [4.78, 5) is 2.54. The van der Waals surface area contributed by atoms with Gasteiger partial charge in [-0.3, -0.25) is 4.90 Å². The molecule has 168 valence electrons. The van der Waals surface area contributed by atoms with Crippen molar-refractivity contribution in [3.63, 3.8) is 0 Å². The standard InChI is InChI=1S/C27H32N2O3/c1-30-25-13-12-23(19-26(25)31-2)27(29-16-7-14-28-15-17-29)22-10-6-11-24(18-22)32-20-21-8-4-3-5-9-21/h3-6,8-13,18-19,27-28H,7,14-17,20H2,1-2H3. The molecule has 4 rings (SSSR count). The second-order valence-electron chi connectivity index (χ2n) is 8.00. The molecule has 3 aromatic rings. The van der Waals surface area contributed by atoms with E-state index < -0.39 is 0 Å². The van der Waals surface area contributed by atoms with Crippen LogP contribution in [0.15, 0.2) is 72.8 Å². The molecular formula is C27H32N2O3. The van der Waals surface area contributed by atoms with E-state index in [0.29, 0.717) is 6.61 Å². The Morgan fingerprint density at radius 2 is 1.62 bits per heavy atom. The monoisotopic (exact) mass is 432 g/mol. The highest BCUT2D eigenvalue weighted by Crippen LogP contribution is 2.36. The fourth-order valence-electron chi connectivity index (χ4n) is 4.28. The van der Waals surface area contributed by atoms with Crippen LogP contribution in [0.4, 0.5) is 0 Å². The van der Waals surface area contributed by atoms with E-state index in [4.69, 9.17) is 14.2 Å². The number of nitrogens with zero attached hydrogens (tertiary/aromatic N) is 1. The smallest absolute Gasteiger partial charge is 0.161 e. The van der Waals surface area contributed by atoms with Gasteiger partial charge in [-0.2, -0.15) is 0 Å². The molecule has 1 heterocycles. The van der Waals surface area contributed by atoms with E-state index in [2.05, 4.69) is 52.7 Å². The van der Waals surface area contributed by atoms with Crippen LogP contribution in [-0.2, 0) is 6.61 Å². The quantitative estimate of drug-likeness (QED) is 0.560. The van der Waals surface area contributed by atoms with Crippen molar-refractivity contribution in [1.29, 1.82) is 0 Å². The first-order valence-corrected chi connectivity index (χ1v) is 11.2. The molecule has 1 aliphatic heterocycles. The van der Waals surface area contributed by atoms with Crippen molar-refractivity contribution in [2.24, 2.45) is 0 Å². The van der Waals surface area contributed by atoms with E-state index in [0.717, 1.165) is 55.4 Å². The SMILES string of the molecule is COc1ccc(C(c2cccc(OCc3ccccc3)c2)N2CCCNCC2)cc1OC. The molecule has 0 amide bonds. The van der Waals surface area contributed by atoms with Crippen molar-refractivity contribution in [3.05, 3.63) is 89.5 Å². The third-order valence-corrected chi connectivity index (χ3v) is 5.89. The number of ether oxygens (including phenoxy) is 3. The zero-order chi connectivity index (χ0) is 22.2. The van der Waals surface area contributed by atoms with Crippen molar-refractivity contribution in [2.75, 3.05) is 40.4 Å². The van der Waals surface area contributed by atoms with Crippen LogP contribution < -0.4 is 19.5 Å². The molecule has 0 radical (unpaired) electrons. The molecule has 0 bridgehead atoms. The van der Waals surface area contributed by atoms with Gasteiger partial charge in [0, 0.05) is 19.6 Å². The maximum Gasteiger partial charge on any atom is 0.161 e. The van der Waals surface area contributed by atoms with Crippen LogP contribution in [0.5, 0.6) is 17.2 Å². The molecule has 1 saturated heterocycles. The molecule has 1 atom stereocenters. The minimum Gasteiger partial charge on any atom is -0.493 e. The summed E-state index contributed by atoms with van der Waals surface area (Å²) in [6.45, 7) is 4.59. The second-order valence-corrected chi connectivity index (χ2v) is 8.00. The highest BCUT2D eigenvalue weighted by Gasteiger charge is 2.25. The van der Waals surface area contributed by atoms with Gasteiger partial charge in [-0.25, -0.2) is 0 Å². The van der Waals surface area contributed by atoms with Gasteiger partial charge in [0.25, 0.3) is 0 Å². The Morgan fingerprint density at radius 1 is 0.812 bits per heavy atom. The molecule has 5 heteroatoms. The van der Waals surface area contributed by atoms with E-state index in [1.165, 1.54) is 11.1 Å². The topological polar surface area (TPSA) is 43.0 Å². The number of nitrogens with one attached hydrogen (secondary N) is 1. The van der Waals surface area contributed by atoms with Crippen LogP contribution in [0, 0.1) is 0 Å². The Morgan fingerprint density at radius 3 is 2.44 bits per heavy atom. The molecule has 0 spiro atoms. The van der Waals surface area contributed by atoms with Gasteiger partial charge in [-0.05, 0) is 53.9 Å². The summed E-state index contributed by atoms with van der Waals surface area (Å²) in [5.41, 5.74) is 3.56. The lowest BCUT2D eigenvalue weighted by atomic mass is 9.96. The Kier molecular flexibility index (Phi) is 7.64. The summed E-state index contributed by atoms with van der Waals surface area (Å²) in [5, 5.41) is 3.51. The number of benzene rings is 3. The maximum atomic E-state index is 6.14. The number of hydrogen-bond donors (Lipinski definition) is 1. The molecule has 0 saturated carbocycles. The highest BCUT2D eigenvalue weighted by molar-refractivity contribution is 5.46. The lowest BCUT2D eigenvalue weighted by Crippen LogP contribution is -2.33. The first kappa shape index (κ1) is 22.2. The fourth-order valence-corrected chi connectivity index (χ4v) is 4.28. The van der Waals surface area contributed by atoms with Gasteiger partial charge >= 0.3 is 0 Å². The summed E-state index contributed by atoms with van der Waals surface area (Å²) < 4.78 is 17.2. The van der Waals surface area contributed by atoms with E-state index in [-0.39, 0.29) is 6.04 Å².